The van der Waals surface area contributed by atoms with Crippen molar-refractivity contribution in [3.63, 3.8) is 0 Å². The van der Waals surface area contributed by atoms with E-state index in [1.54, 1.807) is 5.32 Å². The van der Waals surface area contributed by atoms with E-state index < -0.39 is 22.7 Å². The summed E-state index contributed by atoms with van der Waals surface area (Å²) in [5.74, 6) is -1.99. The zero-order valence-corrected chi connectivity index (χ0v) is 7.05. The molecule has 3 N–H and O–H groups in total. The molecular formula is C4H7NO4S2. The lowest BCUT2D eigenvalue weighted by Gasteiger charge is -2.05. The number of amides is 2. The molecule has 0 aliphatic heterocycles. The molecule has 0 aliphatic rings. The van der Waals surface area contributed by atoms with Crippen molar-refractivity contribution in [3.05, 3.63) is 0 Å². The van der Waals surface area contributed by atoms with Gasteiger partial charge < -0.3 is 10.2 Å². The Bertz CT molecular complexity index is 151. The largest absolute Gasteiger partial charge is 0.373 e. The second kappa shape index (κ2) is 4.60. The molecule has 0 spiro atoms. The molecular weight excluding hydrogens is 190 g/mol. The number of aliphatic hydroxyl groups is 2. The molecule has 11 heavy (non-hydrogen) atoms. The lowest BCUT2D eigenvalue weighted by molar-refractivity contribution is -0.135. The highest BCUT2D eigenvalue weighted by molar-refractivity contribution is 7.81. The summed E-state index contributed by atoms with van der Waals surface area (Å²) in [6.45, 7) is 0. The van der Waals surface area contributed by atoms with E-state index in [1.165, 1.54) is 0 Å². The standard InChI is InChI=1S/C4H7NO4S2/c6-1(3(8)10)5-2(7)4(9)11/h3-4,8-11H,(H,5,6,7). The minimum atomic E-state index is -1.58. The van der Waals surface area contributed by atoms with Crippen LogP contribution in [0.15, 0.2) is 0 Å². The Kier molecular flexibility index (Phi) is 4.50. The van der Waals surface area contributed by atoms with Gasteiger partial charge in [0.2, 0.25) is 0 Å². The van der Waals surface area contributed by atoms with Crippen LogP contribution in [0.5, 0.6) is 0 Å². The van der Waals surface area contributed by atoms with E-state index in [4.69, 9.17) is 10.2 Å². The first-order chi connectivity index (χ1) is 4.95. The van der Waals surface area contributed by atoms with Gasteiger partial charge in [-0.1, -0.05) is 0 Å². The quantitative estimate of drug-likeness (QED) is 0.265. The maximum absolute atomic E-state index is 10.5. The molecule has 64 valence electrons. The fraction of sp³-hybridized carbons (Fsp3) is 0.500. The minimum Gasteiger partial charge on any atom is -0.373 e. The first kappa shape index (κ1) is 10.8. The first-order valence-corrected chi connectivity index (χ1v) is 3.55. The van der Waals surface area contributed by atoms with Gasteiger partial charge in [-0.05, 0) is 0 Å². The summed E-state index contributed by atoms with van der Waals surface area (Å²) in [6, 6.07) is 0. The summed E-state index contributed by atoms with van der Waals surface area (Å²) in [4.78, 5) is 20.9. The van der Waals surface area contributed by atoms with E-state index in [9.17, 15) is 9.59 Å². The van der Waals surface area contributed by atoms with Crippen LogP contribution in [0.1, 0.15) is 0 Å². The molecule has 0 radical (unpaired) electrons. The maximum Gasteiger partial charge on any atom is 0.265 e. The molecule has 0 fully saturated rings. The zero-order valence-electron chi connectivity index (χ0n) is 5.26. The number of aliphatic hydroxyl groups excluding tert-OH is 2. The number of carbonyl (C=O) groups excluding carboxylic acids is 2. The van der Waals surface area contributed by atoms with E-state index in [1.807, 2.05) is 0 Å². The summed E-state index contributed by atoms with van der Waals surface area (Å²) in [6.07, 6.45) is 0. The normalized spacial score (nSPS) is 15.3. The fourth-order valence-corrected chi connectivity index (χ4v) is 0.380. The Labute approximate surface area is 73.6 Å². The van der Waals surface area contributed by atoms with Crippen molar-refractivity contribution in [1.29, 1.82) is 0 Å². The number of carbonyl (C=O) groups is 2. The van der Waals surface area contributed by atoms with Gasteiger partial charge in [-0.3, -0.25) is 14.9 Å². The number of imide groups is 1. The van der Waals surface area contributed by atoms with E-state index in [2.05, 4.69) is 25.3 Å². The highest BCUT2D eigenvalue weighted by atomic mass is 32.1. The average Bonchev–Trinajstić information content (AvgIpc) is 1.87. The van der Waals surface area contributed by atoms with E-state index in [-0.39, 0.29) is 0 Å². The van der Waals surface area contributed by atoms with Gasteiger partial charge in [-0.15, -0.1) is 25.3 Å². The molecule has 7 heteroatoms. The Morgan fingerprint density at radius 2 is 1.36 bits per heavy atom. The van der Waals surface area contributed by atoms with E-state index in [0.29, 0.717) is 0 Å². The minimum absolute atomic E-state index is 0.994. The van der Waals surface area contributed by atoms with Crippen LogP contribution in [0.4, 0.5) is 0 Å². The Morgan fingerprint density at radius 1 is 1.09 bits per heavy atom. The fourth-order valence-electron chi connectivity index (χ4n) is 0.251. The van der Waals surface area contributed by atoms with Crippen molar-refractivity contribution in [3.8, 4) is 0 Å². The third-order valence-electron chi connectivity index (χ3n) is 0.715. The van der Waals surface area contributed by atoms with Crippen LogP contribution in [0.2, 0.25) is 0 Å². The summed E-state index contributed by atoms with van der Waals surface area (Å²) >= 11 is 6.64. The third-order valence-corrected chi connectivity index (χ3v) is 1.18. The molecule has 0 aromatic rings. The van der Waals surface area contributed by atoms with Gasteiger partial charge in [-0.25, -0.2) is 0 Å². The number of thiol groups is 2. The van der Waals surface area contributed by atoms with Crippen LogP contribution in [-0.2, 0) is 9.59 Å². The molecule has 2 unspecified atom stereocenters. The number of hydrogen-bond acceptors (Lipinski definition) is 6. The van der Waals surface area contributed by atoms with Crippen LogP contribution in [0.3, 0.4) is 0 Å². The maximum atomic E-state index is 10.5. The predicted molar refractivity (Wildman–Crippen MR) is 43.1 cm³/mol. The summed E-state index contributed by atoms with van der Waals surface area (Å²) in [7, 11) is 0. The van der Waals surface area contributed by atoms with Crippen LogP contribution >= 0.6 is 25.3 Å². The Hall–Kier alpha value is -0.240. The summed E-state index contributed by atoms with van der Waals surface area (Å²) in [5.41, 5.74) is -3.16. The van der Waals surface area contributed by atoms with Gasteiger partial charge >= 0.3 is 0 Å². The van der Waals surface area contributed by atoms with Gasteiger partial charge in [0.1, 0.15) is 0 Å². The third kappa shape index (κ3) is 4.25. The molecule has 5 nitrogen and oxygen atoms in total. The van der Waals surface area contributed by atoms with Crippen molar-refractivity contribution in [1.82, 2.24) is 5.32 Å². The van der Waals surface area contributed by atoms with Crippen LogP contribution in [-0.4, -0.2) is 32.9 Å². The first-order valence-electron chi connectivity index (χ1n) is 2.52. The predicted octanol–water partition coefficient (Wildman–Crippen LogP) is -1.87. The van der Waals surface area contributed by atoms with Crippen molar-refractivity contribution in [2.45, 2.75) is 10.9 Å². The molecule has 0 saturated heterocycles. The second-order valence-electron chi connectivity index (χ2n) is 1.60. The average molecular weight is 197 g/mol. The molecule has 0 aromatic carbocycles. The number of hydrogen-bond donors (Lipinski definition) is 5. The van der Waals surface area contributed by atoms with Gasteiger partial charge in [0.25, 0.3) is 11.8 Å². The van der Waals surface area contributed by atoms with Crippen molar-refractivity contribution < 1.29 is 19.8 Å². The van der Waals surface area contributed by atoms with Crippen LogP contribution in [0.25, 0.3) is 0 Å². The molecule has 0 rings (SSSR count). The zero-order chi connectivity index (χ0) is 9.02. The molecule has 0 bridgehead atoms. The van der Waals surface area contributed by atoms with Gasteiger partial charge in [-0.2, -0.15) is 0 Å². The summed E-state index contributed by atoms with van der Waals surface area (Å²) in [5, 5.41) is 18.5. The SMILES string of the molecule is O=C(NC(=O)C(O)S)C(O)S. The highest BCUT2D eigenvalue weighted by Gasteiger charge is 2.16. The van der Waals surface area contributed by atoms with Gasteiger partial charge in [0.15, 0.2) is 10.9 Å². The summed E-state index contributed by atoms with van der Waals surface area (Å²) < 4.78 is 0. The molecule has 0 heterocycles. The van der Waals surface area contributed by atoms with Crippen LogP contribution in [0, 0.1) is 0 Å². The van der Waals surface area contributed by atoms with Gasteiger partial charge in [0, 0.05) is 0 Å². The van der Waals surface area contributed by atoms with Crippen molar-refractivity contribution in [2.24, 2.45) is 0 Å². The lowest BCUT2D eigenvalue weighted by atomic mass is 10.5. The molecule has 2 amide bonds. The topological polar surface area (TPSA) is 86.6 Å². The monoisotopic (exact) mass is 197 g/mol. The molecule has 2 atom stereocenters. The van der Waals surface area contributed by atoms with E-state index in [0.717, 1.165) is 0 Å². The lowest BCUT2D eigenvalue weighted by Crippen LogP contribution is -2.40. The molecule has 0 saturated carbocycles. The van der Waals surface area contributed by atoms with Crippen LogP contribution < -0.4 is 5.32 Å². The second-order valence-corrected chi connectivity index (χ2v) is 2.58. The number of rotatable bonds is 2. The Balaban J connectivity index is 3.86. The van der Waals surface area contributed by atoms with Crippen molar-refractivity contribution in [2.75, 3.05) is 0 Å². The highest BCUT2D eigenvalue weighted by Crippen LogP contribution is 1.91. The molecule has 0 aliphatic carbocycles. The smallest absolute Gasteiger partial charge is 0.265 e. The van der Waals surface area contributed by atoms with Gasteiger partial charge in [0.05, 0.1) is 0 Å². The molecule has 0 aromatic heterocycles. The van der Waals surface area contributed by atoms with Crippen molar-refractivity contribution >= 4 is 37.1 Å². The Morgan fingerprint density at radius 3 is 1.55 bits per heavy atom. The number of nitrogens with one attached hydrogen (secondary N) is 1. The van der Waals surface area contributed by atoms with E-state index >= 15 is 0 Å².